The smallest absolute Gasteiger partial charge is 0.196 e. The molecule has 50 heavy (non-hydrogen) atoms. The van der Waals surface area contributed by atoms with Crippen LogP contribution >= 0.6 is 0 Å². The summed E-state index contributed by atoms with van der Waals surface area (Å²) in [6.45, 7) is 0. The molecular weight excluding hydrogens is 613 g/mol. The van der Waals surface area contributed by atoms with Gasteiger partial charge >= 0.3 is 0 Å². The van der Waals surface area contributed by atoms with Gasteiger partial charge in [0.25, 0.3) is 0 Å². The Kier molecular flexibility index (Phi) is 6.45. The fourth-order valence-corrected chi connectivity index (χ4v) is 7.37. The number of nitrogens with zero attached hydrogens (tertiary/aromatic N) is 5. The summed E-state index contributed by atoms with van der Waals surface area (Å²) in [5.74, 6) is 2.03. The number of nitrogens with one attached hydrogen (secondary N) is 1. The average Bonchev–Trinajstić information content (AvgIpc) is 3.71. The molecule has 1 atom stereocenters. The SMILES string of the molecule is C1=C(n2c3ccccc3c3ccccc32)NC(c2nc(-c3ccccc3)cc(-c3ccccc3)n2)=NC1n1c2ccccc2c2ccccc21. The zero-order valence-electron chi connectivity index (χ0n) is 27.0. The Bertz CT molecular complexity index is 2630. The maximum Gasteiger partial charge on any atom is 0.196 e. The van der Waals surface area contributed by atoms with E-state index >= 15 is 0 Å². The van der Waals surface area contributed by atoms with Gasteiger partial charge in [-0.25, -0.2) is 15.0 Å². The Morgan fingerprint density at radius 1 is 0.460 bits per heavy atom. The molecule has 0 saturated heterocycles. The minimum absolute atomic E-state index is 0.393. The Labute approximate surface area is 288 Å². The highest BCUT2D eigenvalue weighted by Crippen LogP contribution is 2.37. The second kappa shape index (κ2) is 11.4. The largest absolute Gasteiger partial charge is 0.323 e. The van der Waals surface area contributed by atoms with Crippen LogP contribution in [0.3, 0.4) is 0 Å². The fourth-order valence-electron chi connectivity index (χ4n) is 7.37. The van der Waals surface area contributed by atoms with Crippen LogP contribution in [0.2, 0.25) is 0 Å². The van der Waals surface area contributed by atoms with Crippen LogP contribution in [0.1, 0.15) is 12.0 Å². The summed E-state index contributed by atoms with van der Waals surface area (Å²) in [7, 11) is 0. The van der Waals surface area contributed by atoms with E-state index in [2.05, 4.69) is 148 Å². The van der Waals surface area contributed by atoms with Crippen LogP contribution in [0.25, 0.3) is 71.9 Å². The molecule has 1 N–H and O–H groups in total. The highest BCUT2D eigenvalue weighted by Gasteiger charge is 2.26. The van der Waals surface area contributed by atoms with Crippen molar-refractivity contribution >= 4 is 55.3 Å². The van der Waals surface area contributed by atoms with Crippen LogP contribution in [-0.4, -0.2) is 24.9 Å². The van der Waals surface area contributed by atoms with Gasteiger partial charge in [-0.05, 0) is 30.3 Å². The molecular formula is C44H30N6. The molecule has 9 aromatic rings. The maximum absolute atomic E-state index is 5.44. The minimum atomic E-state index is -0.393. The molecule has 236 valence electrons. The van der Waals surface area contributed by atoms with Crippen LogP contribution < -0.4 is 5.32 Å². The van der Waals surface area contributed by atoms with Crippen molar-refractivity contribution < 1.29 is 0 Å². The lowest BCUT2D eigenvalue weighted by atomic mass is 10.1. The third-order valence-electron chi connectivity index (χ3n) is 9.59. The number of fused-ring (bicyclic) bond motifs is 6. The van der Waals surface area contributed by atoms with E-state index in [1.165, 1.54) is 21.5 Å². The lowest BCUT2D eigenvalue weighted by Gasteiger charge is -2.25. The molecule has 0 radical (unpaired) electrons. The van der Waals surface area contributed by atoms with Crippen molar-refractivity contribution in [3.63, 3.8) is 0 Å². The summed E-state index contributed by atoms with van der Waals surface area (Å²) in [6, 6.07) is 56.9. The lowest BCUT2D eigenvalue weighted by molar-refractivity contribution is 0.661. The summed E-state index contributed by atoms with van der Waals surface area (Å²) in [5.41, 5.74) is 8.15. The van der Waals surface area contributed by atoms with E-state index in [9.17, 15) is 0 Å². The van der Waals surface area contributed by atoms with Gasteiger partial charge in [0.05, 0.1) is 33.5 Å². The summed E-state index contributed by atoms with van der Waals surface area (Å²) < 4.78 is 4.64. The molecule has 10 rings (SSSR count). The molecule has 0 amide bonds. The Morgan fingerprint density at radius 2 is 0.880 bits per heavy atom. The molecule has 3 aromatic heterocycles. The number of para-hydroxylation sites is 4. The number of hydrogen-bond donors (Lipinski definition) is 1. The van der Waals surface area contributed by atoms with Crippen LogP contribution in [0.4, 0.5) is 0 Å². The average molecular weight is 643 g/mol. The standard InChI is InChI=1S/C44H30N6/c1-3-15-29(16-4-1)35-27-36(30-17-5-2-6-18-30)46-43(45-35)44-47-41(49-37-23-11-7-19-31(37)32-20-8-12-24-38(32)49)28-42(48-44)50-39-25-13-9-21-33(39)34-22-10-14-26-40(34)50/h1-28,41H,(H,47,48). The van der Waals surface area contributed by atoms with Crippen molar-refractivity contribution in [3.05, 3.63) is 176 Å². The number of amidine groups is 1. The number of aromatic nitrogens is 4. The van der Waals surface area contributed by atoms with Crippen molar-refractivity contribution in [2.24, 2.45) is 4.99 Å². The molecule has 6 heteroatoms. The fraction of sp³-hybridized carbons (Fsp3) is 0.0227. The van der Waals surface area contributed by atoms with E-state index in [4.69, 9.17) is 15.0 Å². The molecule has 0 saturated carbocycles. The summed E-state index contributed by atoms with van der Waals surface area (Å²) in [5, 5.41) is 8.51. The van der Waals surface area contributed by atoms with E-state index in [-0.39, 0.29) is 0 Å². The van der Waals surface area contributed by atoms with Crippen LogP contribution in [0, 0.1) is 0 Å². The molecule has 6 nitrogen and oxygen atoms in total. The van der Waals surface area contributed by atoms with Gasteiger partial charge in [0.1, 0.15) is 5.82 Å². The zero-order chi connectivity index (χ0) is 33.0. The molecule has 1 aliphatic heterocycles. The van der Waals surface area contributed by atoms with Crippen molar-refractivity contribution in [2.45, 2.75) is 6.17 Å². The molecule has 0 bridgehead atoms. The van der Waals surface area contributed by atoms with Crippen LogP contribution in [0.15, 0.2) is 175 Å². The van der Waals surface area contributed by atoms with E-state index in [1.807, 2.05) is 36.4 Å². The van der Waals surface area contributed by atoms with E-state index < -0.39 is 6.17 Å². The normalized spacial score (nSPS) is 14.6. The number of benzene rings is 6. The van der Waals surface area contributed by atoms with Gasteiger partial charge in [-0.15, -0.1) is 0 Å². The third-order valence-corrected chi connectivity index (χ3v) is 9.59. The maximum atomic E-state index is 5.44. The molecule has 6 aromatic carbocycles. The first-order chi connectivity index (χ1) is 24.8. The van der Waals surface area contributed by atoms with Gasteiger partial charge in [0.2, 0.25) is 0 Å². The molecule has 1 aliphatic rings. The number of rotatable bonds is 5. The van der Waals surface area contributed by atoms with Gasteiger partial charge in [0.15, 0.2) is 17.8 Å². The Hall–Kier alpha value is -6.79. The van der Waals surface area contributed by atoms with E-state index in [1.54, 1.807) is 0 Å². The molecule has 1 unspecified atom stereocenters. The van der Waals surface area contributed by atoms with Crippen molar-refractivity contribution in [3.8, 4) is 22.5 Å². The summed E-state index contributed by atoms with van der Waals surface area (Å²) >= 11 is 0. The van der Waals surface area contributed by atoms with Crippen LogP contribution in [0.5, 0.6) is 0 Å². The first kappa shape index (κ1) is 28.2. The number of hydrogen-bond acceptors (Lipinski definition) is 4. The minimum Gasteiger partial charge on any atom is -0.323 e. The van der Waals surface area contributed by atoms with Crippen LogP contribution in [-0.2, 0) is 0 Å². The quantitative estimate of drug-likeness (QED) is 0.203. The van der Waals surface area contributed by atoms with Gasteiger partial charge < -0.3 is 9.88 Å². The number of aliphatic imine (C=N–C) groups is 1. The van der Waals surface area contributed by atoms with Gasteiger partial charge in [-0.3, -0.25) is 4.57 Å². The zero-order valence-corrected chi connectivity index (χ0v) is 27.0. The topological polar surface area (TPSA) is 60.0 Å². The third kappa shape index (κ3) is 4.54. The first-order valence-electron chi connectivity index (χ1n) is 16.8. The monoisotopic (exact) mass is 642 g/mol. The first-order valence-corrected chi connectivity index (χ1v) is 16.8. The molecule has 0 spiro atoms. The molecule has 0 aliphatic carbocycles. The second-order valence-corrected chi connectivity index (χ2v) is 12.5. The van der Waals surface area contributed by atoms with Gasteiger partial charge in [0, 0.05) is 38.7 Å². The van der Waals surface area contributed by atoms with Crippen molar-refractivity contribution in [1.82, 2.24) is 24.4 Å². The summed E-state index contributed by atoms with van der Waals surface area (Å²) in [4.78, 5) is 15.8. The van der Waals surface area contributed by atoms with Crippen molar-refractivity contribution in [2.75, 3.05) is 0 Å². The second-order valence-electron chi connectivity index (χ2n) is 12.5. The Balaban J connectivity index is 1.25. The predicted octanol–water partition coefficient (Wildman–Crippen LogP) is 10.1. The predicted molar refractivity (Wildman–Crippen MR) is 205 cm³/mol. The van der Waals surface area contributed by atoms with E-state index in [0.717, 1.165) is 50.4 Å². The molecule has 0 fully saturated rings. The Morgan fingerprint density at radius 3 is 1.38 bits per heavy atom. The van der Waals surface area contributed by atoms with Gasteiger partial charge in [-0.1, -0.05) is 133 Å². The highest BCUT2D eigenvalue weighted by atomic mass is 15.3. The van der Waals surface area contributed by atoms with Crippen molar-refractivity contribution in [1.29, 1.82) is 0 Å². The van der Waals surface area contributed by atoms with Gasteiger partial charge in [-0.2, -0.15) is 0 Å². The summed E-state index contributed by atoms with van der Waals surface area (Å²) in [6.07, 6.45) is 1.83. The lowest BCUT2D eigenvalue weighted by Crippen LogP contribution is -2.33. The molecule has 4 heterocycles. The highest BCUT2D eigenvalue weighted by molar-refractivity contribution is 6.12. The van der Waals surface area contributed by atoms with E-state index in [0.29, 0.717) is 11.7 Å².